The molecule has 0 radical (unpaired) electrons. The zero-order valence-electron chi connectivity index (χ0n) is 9.67. The second-order valence-electron chi connectivity index (χ2n) is 3.64. The molecule has 1 rings (SSSR count). The molecular formula is C10H13N3O4S. The average molecular weight is 271 g/mol. The number of nitriles is 1. The summed E-state index contributed by atoms with van der Waals surface area (Å²) in [6.45, 7) is 1.75. The third-order valence-corrected chi connectivity index (χ3v) is 3.85. The van der Waals surface area contributed by atoms with Crippen molar-refractivity contribution in [2.75, 3.05) is 0 Å². The standard InChI is InChI=1S/C10H13N3O4S/c1-2-7(3-4-11)13-18(16,17)8-5-9(10(14)15)12-6-8/h5-7,12-13H,2-3H2,1H3,(H,14,15). The van der Waals surface area contributed by atoms with Crippen molar-refractivity contribution in [2.45, 2.75) is 30.7 Å². The van der Waals surface area contributed by atoms with E-state index in [1.54, 1.807) is 6.92 Å². The summed E-state index contributed by atoms with van der Waals surface area (Å²) in [4.78, 5) is 12.8. The summed E-state index contributed by atoms with van der Waals surface area (Å²) in [5.74, 6) is -1.24. The SMILES string of the molecule is CCC(CC#N)NS(=O)(=O)c1c[nH]c(C(=O)O)c1. The highest BCUT2D eigenvalue weighted by Gasteiger charge is 2.21. The highest BCUT2D eigenvalue weighted by Crippen LogP contribution is 2.12. The van der Waals surface area contributed by atoms with E-state index in [1.165, 1.54) is 0 Å². The maximum Gasteiger partial charge on any atom is 0.352 e. The van der Waals surface area contributed by atoms with E-state index in [-0.39, 0.29) is 17.0 Å². The van der Waals surface area contributed by atoms with E-state index in [0.29, 0.717) is 6.42 Å². The van der Waals surface area contributed by atoms with E-state index >= 15 is 0 Å². The summed E-state index contributed by atoms with van der Waals surface area (Å²) in [7, 11) is -3.80. The molecule has 8 heteroatoms. The fraction of sp³-hybridized carbons (Fsp3) is 0.400. The fourth-order valence-electron chi connectivity index (χ4n) is 1.32. The molecule has 0 saturated heterocycles. The Morgan fingerprint density at radius 3 is 2.78 bits per heavy atom. The number of nitrogens with one attached hydrogen (secondary N) is 2. The van der Waals surface area contributed by atoms with Crippen molar-refractivity contribution in [1.82, 2.24) is 9.71 Å². The number of carbonyl (C=O) groups is 1. The van der Waals surface area contributed by atoms with Crippen molar-refractivity contribution in [2.24, 2.45) is 0 Å². The number of aromatic amines is 1. The summed E-state index contributed by atoms with van der Waals surface area (Å²) >= 11 is 0. The molecule has 7 nitrogen and oxygen atoms in total. The Labute approximate surface area is 104 Å². The molecule has 0 aliphatic rings. The van der Waals surface area contributed by atoms with Crippen molar-refractivity contribution < 1.29 is 18.3 Å². The molecule has 0 bridgehead atoms. The van der Waals surface area contributed by atoms with Crippen LogP contribution >= 0.6 is 0 Å². The molecule has 1 atom stereocenters. The molecule has 0 fully saturated rings. The van der Waals surface area contributed by atoms with E-state index in [1.807, 2.05) is 6.07 Å². The zero-order chi connectivity index (χ0) is 13.8. The van der Waals surface area contributed by atoms with Crippen LogP contribution in [0.4, 0.5) is 0 Å². The smallest absolute Gasteiger partial charge is 0.352 e. The van der Waals surface area contributed by atoms with E-state index in [9.17, 15) is 13.2 Å². The lowest BCUT2D eigenvalue weighted by molar-refractivity contribution is 0.0691. The number of H-pyrrole nitrogens is 1. The Morgan fingerprint density at radius 1 is 1.67 bits per heavy atom. The second kappa shape index (κ2) is 5.66. The van der Waals surface area contributed by atoms with E-state index in [2.05, 4.69) is 9.71 Å². The van der Waals surface area contributed by atoms with E-state index in [4.69, 9.17) is 10.4 Å². The van der Waals surface area contributed by atoms with Gasteiger partial charge in [-0.3, -0.25) is 0 Å². The Morgan fingerprint density at radius 2 is 2.33 bits per heavy atom. The van der Waals surface area contributed by atoms with Crippen LogP contribution < -0.4 is 4.72 Å². The maximum absolute atomic E-state index is 11.9. The van der Waals surface area contributed by atoms with Crippen molar-refractivity contribution >= 4 is 16.0 Å². The van der Waals surface area contributed by atoms with Gasteiger partial charge in [-0.25, -0.2) is 17.9 Å². The first kappa shape index (κ1) is 14.2. The molecule has 0 amide bonds. The second-order valence-corrected chi connectivity index (χ2v) is 5.36. The molecule has 0 saturated carbocycles. The summed E-state index contributed by atoms with van der Waals surface area (Å²) < 4.78 is 26.1. The van der Waals surface area contributed by atoms with Crippen LogP contribution in [0.5, 0.6) is 0 Å². The molecule has 0 aliphatic heterocycles. The van der Waals surface area contributed by atoms with Gasteiger partial charge >= 0.3 is 5.97 Å². The predicted molar refractivity (Wildman–Crippen MR) is 62.4 cm³/mol. The Hall–Kier alpha value is -1.85. The average Bonchev–Trinajstić information content (AvgIpc) is 2.78. The van der Waals surface area contributed by atoms with Crippen LogP contribution in [0.25, 0.3) is 0 Å². The molecule has 18 heavy (non-hydrogen) atoms. The minimum atomic E-state index is -3.80. The normalized spacial score (nSPS) is 12.9. The van der Waals surface area contributed by atoms with Crippen LogP contribution in [0.2, 0.25) is 0 Å². The van der Waals surface area contributed by atoms with Crippen LogP contribution in [0.15, 0.2) is 17.2 Å². The van der Waals surface area contributed by atoms with Gasteiger partial charge in [-0.05, 0) is 12.5 Å². The van der Waals surface area contributed by atoms with Gasteiger partial charge in [-0.1, -0.05) is 6.92 Å². The lowest BCUT2D eigenvalue weighted by atomic mass is 10.2. The number of rotatable bonds is 6. The summed E-state index contributed by atoms with van der Waals surface area (Å²) in [6, 6.07) is 2.44. The monoisotopic (exact) mass is 271 g/mol. The number of carboxylic acids is 1. The van der Waals surface area contributed by atoms with Crippen LogP contribution in [-0.4, -0.2) is 30.5 Å². The van der Waals surface area contributed by atoms with Crippen molar-refractivity contribution in [3.63, 3.8) is 0 Å². The largest absolute Gasteiger partial charge is 0.477 e. The number of sulfonamides is 1. The van der Waals surface area contributed by atoms with Crippen molar-refractivity contribution in [1.29, 1.82) is 5.26 Å². The Balaban J connectivity index is 2.92. The van der Waals surface area contributed by atoms with Crippen molar-refractivity contribution in [3.8, 4) is 6.07 Å². The number of hydrogen-bond acceptors (Lipinski definition) is 4. The molecule has 1 aromatic heterocycles. The fourth-order valence-corrected chi connectivity index (χ4v) is 2.63. The molecule has 0 aromatic carbocycles. The third kappa shape index (κ3) is 3.32. The quantitative estimate of drug-likeness (QED) is 0.702. The molecule has 1 heterocycles. The molecule has 98 valence electrons. The highest BCUT2D eigenvalue weighted by atomic mass is 32.2. The number of carboxylic acid groups (broad SMARTS) is 1. The van der Waals surface area contributed by atoms with Gasteiger partial charge in [-0.15, -0.1) is 0 Å². The topological polar surface area (TPSA) is 123 Å². The molecule has 1 unspecified atom stereocenters. The maximum atomic E-state index is 11.9. The number of aromatic carboxylic acids is 1. The predicted octanol–water partition coefficient (Wildman–Crippen LogP) is 0.683. The minimum Gasteiger partial charge on any atom is -0.477 e. The lowest BCUT2D eigenvalue weighted by Gasteiger charge is -2.12. The summed E-state index contributed by atoms with van der Waals surface area (Å²) in [5, 5.41) is 17.2. The van der Waals surface area contributed by atoms with Gasteiger partial charge in [0, 0.05) is 12.2 Å². The highest BCUT2D eigenvalue weighted by molar-refractivity contribution is 7.89. The minimum absolute atomic E-state index is 0.0614. The Kier molecular flexibility index (Phi) is 4.47. The van der Waals surface area contributed by atoms with Gasteiger partial charge in [0.2, 0.25) is 10.0 Å². The Bertz CT molecular complexity index is 570. The number of aromatic nitrogens is 1. The summed E-state index contributed by atoms with van der Waals surface area (Å²) in [5.41, 5.74) is -0.205. The molecular weight excluding hydrogens is 258 g/mol. The first-order valence-corrected chi connectivity index (χ1v) is 6.70. The van der Waals surface area contributed by atoms with Crippen molar-refractivity contribution in [3.05, 3.63) is 18.0 Å². The van der Waals surface area contributed by atoms with Gasteiger partial charge < -0.3 is 10.1 Å². The van der Waals surface area contributed by atoms with Gasteiger partial charge in [-0.2, -0.15) is 5.26 Å². The molecule has 0 aliphatic carbocycles. The molecule has 1 aromatic rings. The number of nitrogens with zero attached hydrogens (tertiary/aromatic N) is 1. The van der Waals surface area contributed by atoms with Gasteiger partial charge in [0.1, 0.15) is 10.6 Å². The van der Waals surface area contributed by atoms with Crippen LogP contribution in [0.3, 0.4) is 0 Å². The zero-order valence-corrected chi connectivity index (χ0v) is 10.5. The number of hydrogen-bond donors (Lipinski definition) is 3. The molecule has 3 N–H and O–H groups in total. The summed E-state index contributed by atoms with van der Waals surface area (Å²) in [6.07, 6.45) is 1.64. The van der Waals surface area contributed by atoms with Crippen LogP contribution in [0, 0.1) is 11.3 Å². The van der Waals surface area contributed by atoms with Gasteiger partial charge in [0.25, 0.3) is 0 Å². The van der Waals surface area contributed by atoms with Crippen LogP contribution in [0.1, 0.15) is 30.3 Å². The first-order valence-electron chi connectivity index (χ1n) is 5.21. The van der Waals surface area contributed by atoms with Gasteiger partial charge in [0.05, 0.1) is 12.5 Å². The lowest BCUT2D eigenvalue weighted by Crippen LogP contribution is -2.33. The van der Waals surface area contributed by atoms with Gasteiger partial charge in [0.15, 0.2) is 0 Å². The first-order chi connectivity index (χ1) is 8.40. The van der Waals surface area contributed by atoms with E-state index in [0.717, 1.165) is 12.3 Å². The molecule has 0 spiro atoms. The van der Waals surface area contributed by atoms with Crippen LogP contribution in [-0.2, 0) is 10.0 Å². The third-order valence-electron chi connectivity index (χ3n) is 2.35. The van der Waals surface area contributed by atoms with E-state index < -0.39 is 22.0 Å².